The fraction of sp³-hybridized carbons (Fsp3) is 0.375. The van der Waals surface area contributed by atoms with Crippen LogP contribution in [0.2, 0.25) is 0 Å². The van der Waals surface area contributed by atoms with Gasteiger partial charge >= 0.3 is 5.97 Å². The second-order valence-electron chi connectivity index (χ2n) is 8.47. The molecule has 0 saturated carbocycles. The van der Waals surface area contributed by atoms with Crippen molar-refractivity contribution in [3.8, 4) is 5.82 Å². The average Bonchev–Trinajstić information content (AvgIpc) is 3.50. The van der Waals surface area contributed by atoms with Crippen molar-refractivity contribution in [2.45, 2.75) is 26.4 Å². The third-order valence-corrected chi connectivity index (χ3v) is 6.52. The normalized spacial score (nSPS) is 16.0. The number of esters is 1. The van der Waals surface area contributed by atoms with Crippen molar-refractivity contribution in [2.24, 2.45) is 0 Å². The minimum absolute atomic E-state index is 0.129. The lowest BCUT2D eigenvalue weighted by Crippen LogP contribution is -2.49. The molecular weight excluding hydrogens is 420 g/mol. The van der Waals surface area contributed by atoms with E-state index in [9.17, 15) is 9.59 Å². The molecule has 3 aromatic rings. The highest BCUT2D eigenvalue weighted by molar-refractivity contribution is 5.93. The fourth-order valence-corrected chi connectivity index (χ4v) is 4.44. The first-order valence-corrected chi connectivity index (χ1v) is 11.2. The molecule has 0 N–H and O–H groups in total. The van der Waals surface area contributed by atoms with E-state index in [0.717, 1.165) is 55.8 Å². The van der Waals surface area contributed by atoms with Crippen LogP contribution in [0.1, 0.15) is 32.6 Å². The SMILES string of the molecule is Cc1c(CCN2CCN(C(=O)Cc3ccc(-n4ccnn4)nc3)CC2)ccc2c1COC2=O. The Balaban J connectivity index is 1.10. The minimum atomic E-state index is -0.220. The highest BCUT2D eigenvalue weighted by atomic mass is 16.5. The molecule has 170 valence electrons. The number of hydrogen-bond donors (Lipinski definition) is 0. The van der Waals surface area contributed by atoms with Crippen LogP contribution in [0.3, 0.4) is 0 Å². The van der Waals surface area contributed by atoms with E-state index < -0.39 is 0 Å². The molecule has 5 rings (SSSR count). The van der Waals surface area contributed by atoms with E-state index in [-0.39, 0.29) is 11.9 Å². The van der Waals surface area contributed by atoms with Crippen LogP contribution in [-0.4, -0.2) is 74.4 Å². The van der Waals surface area contributed by atoms with Crippen LogP contribution in [0.4, 0.5) is 0 Å². The average molecular weight is 447 g/mol. The number of carbonyl (C=O) groups excluding carboxylic acids is 2. The first kappa shape index (κ1) is 21.3. The van der Waals surface area contributed by atoms with Gasteiger partial charge in [-0.2, -0.15) is 0 Å². The van der Waals surface area contributed by atoms with Crippen molar-refractivity contribution >= 4 is 11.9 Å². The van der Waals surface area contributed by atoms with E-state index in [1.807, 2.05) is 29.2 Å². The van der Waals surface area contributed by atoms with E-state index in [1.54, 1.807) is 23.3 Å². The first-order valence-electron chi connectivity index (χ1n) is 11.2. The smallest absolute Gasteiger partial charge is 0.338 e. The third-order valence-electron chi connectivity index (χ3n) is 6.52. The highest BCUT2D eigenvalue weighted by Crippen LogP contribution is 2.26. The standard InChI is InChI=1S/C24H26N6O3/c1-17-19(3-4-20-21(17)16-33-24(20)32)6-8-28-10-12-29(13-11-28)23(31)14-18-2-5-22(25-15-18)30-9-7-26-27-30/h2-5,7,9,15H,6,8,10-14,16H2,1H3. The second-order valence-corrected chi connectivity index (χ2v) is 8.47. The van der Waals surface area contributed by atoms with Gasteiger partial charge in [0.1, 0.15) is 6.61 Å². The van der Waals surface area contributed by atoms with Gasteiger partial charge in [-0.1, -0.05) is 17.3 Å². The van der Waals surface area contributed by atoms with E-state index in [1.165, 1.54) is 5.56 Å². The Hall–Kier alpha value is -3.59. The molecule has 33 heavy (non-hydrogen) atoms. The number of nitrogens with zero attached hydrogens (tertiary/aromatic N) is 6. The largest absolute Gasteiger partial charge is 0.457 e. The lowest BCUT2D eigenvalue weighted by atomic mass is 9.96. The molecule has 2 aliphatic rings. The molecular formula is C24H26N6O3. The van der Waals surface area contributed by atoms with Gasteiger partial charge in [0, 0.05) is 44.5 Å². The Kier molecular flexibility index (Phi) is 5.87. The van der Waals surface area contributed by atoms with Crippen molar-refractivity contribution in [3.05, 3.63) is 70.7 Å². The second kappa shape index (κ2) is 9.11. The van der Waals surface area contributed by atoms with Gasteiger partial charge in [0.2, 0.25) is 5.91 Å². The molecule has 0 spiro atoms. The van der Waals surface area contributed by atoms with Crippen LogP contribution in [0.5, 0.6) is 0 Å². The summed E-state index contributed by atoms with van der Waals surface area (Å²) in [6.07, 6.45) is 6.32. The predicted molar refractivity (Wildman–Crippen MR) is 120 cm³/mol. The number of amides is 1. The van der Waals surface area contributed by atoms with Gasteiger partial charge in [0.25, 0.3) is 0 Å². The molecule has 0 aliphatic carbocycles. The number of cyclic esters (lactones) is 1. The molecule has 9 heteroatoms. The topological polar surface area (TPSA) is 93.5 Å². The molecule has 9 nitrogen and oxygen atoms in total. The number of carbonyl (C=O) groups is 2. The summed E-state index contributed by atoms with van der Waals surface area (Å²) in [5, 5.41) is 7.70. The van der Waals surface area contributed by atoms with Gasteiger partial charge < -0.3 is 9.64 Å². The maximum absolute atomic E-state index is 12.8. The Morgan fingerprint density at radius 1 is 1.12 bits per heavy atom. The summed E-state index contributed by atoms with van der Waals surface area (Å²) >= 11 is 0. The molecule has 1 fully saturated rings. The van der Waals surface area contributed by atoms with Gasteiger partial charge in [-0.05, 0) is 42.2 Å². The van der Waals surface area contributed by atoms with Gasteiger partial charge in [0.15, 0.2) is 5.82 Å². The number of benzene rings is 1. The summed E-state index contributed by atoms with van der Waals surface area (Å²) in [5.41, 5.74) is 5.03. The maximum atomic E-state index is 12.8. The van der Waals surface area contributed by atoms with Gasteiger partial charge in [-0.3, -0.25) is 9.69 Å². The maximum Gasteiger partial charge on any atom is 0.338 e. The molecule has 1 amide bonds. The summed E-state index contributed by atoms with van der Waals surface area (Å²) in [5.74, 6) is 0.585. The number of rotatable bonds is 6. The van der Waals surface area contributed by atoms with Crippen molar-refractivity contribution in [2.75, 3.05) is 32.7 Å². The van der Waals surface area contributed by atoms with Gasteiger partial charge in [-0.15, -0.1) is 5.10 Å². The Labute approximate surface area is 192 Å². The van der Waals surface area contributed by atoms with Crippen LogP contribution in [0, 0.1) is 6.92 Å². The van der Waals surface area contributed by atoms with Crippen molar-refractivity contribution in [1.29, 1.82) is 0 Å². The zero-order valence-corrected chi connectivity index (χ0v) is 18.6. The van der Waals surface area contributed by atoms with E-state index in [4.69, 9.17) is 4.74 Å². The number of hydrogen-bond acceptors (Lipinski definition) is 7. The Morgan fingerprint density at radius 3 is 2.70 bits per heavy atom. The molecule has 0 bridgehead atoms. The van der Waals surface area contributed by atoms with Crippen LogP contribution in [-0.2, 0) is 29.0 Å². The number of pyridine rings is 1. The lowest BCUT2D eigenvalue weighted by Gasteiger charge is -2.35. The van der Waals surface area contributed by atoms with Crippen molar-refractivity contribution in [3.63, 3.8) is 0 Å². The monoisotopic (exact) mass is 446 g/mol. The number of fused-ring (bicyclic) bond motifs is 1. The number of ether oxygens (including phenoxy) is 1. The Morgan fingerprint density at radius 2 is 1.97 bits per heavy atom. The molecule has 2 aromatic heterocycles. The molecule has 0 atom stereocenters. The quantitative estimate of drug-likeness (QED) is 0.531. The van der Waals surface area contributed by atoms with E-state index in [0.29, 0.717) is 24.4 Å². The summed E-state index contributed by atoms with van der Waals surface area (Å²) in [4.78, 5) is 33.2. The van der Waals surface area contributed by atoms with Crippen LogP contribution in [0.25, 0.3) is 5.82 Å². The van der Waals surface area contributed by atoms with E-state index in [2.05, 4.69) is 27.1 Å². The fourth-order valence-electron chi connectivity index (χ4n) is 4.44. The number of aromatic nitrogens is 4. The van der Waals surface area contributed by atoms with Crippen molar-refractivity contribution in [1.82, 2.24) is 29.8 Å². The Bertz CT molecular complexity index is 1150. The molecule has 0 radical (unpaired) electrons. The first-order chi connectivity index (χ1) is 16.1. The molecule has 4 heterocycles. The van der Waals surface area contributed by atoms with Gasteiger partial charge in [-0.25, -0.2) is 14.5 Å². The molecule has 1 aromatic carbocycles. The van der Waals surface area contributed by atoms with Crippen molar-refractivity contribution < 1.29 is 14.3 Å². The third kappa shape index (κ3) is 4.49. The highest BCUT2D eigenvalue weighted by Gasteiger charge is 2.25. The summed E-state index contributed by atoms with van der Waals surface area (Å²) in [6, 6.07) is 7.69. The molecule has 2 aliphatic heterocycles. The van der Waals surface area contributed by atoms with Crippen LogP contribution >= 0.6 is 0 Å². The van der Waals surface area contributed by atoms with Gasteiger partial charge in [0.05, 0.1) is 24.4 Å². The lowest BCUT2D eigenvalue weighted by molar-refractivity contribution is -0.132. The zero-order chi connectivity index (χ0) is 22.8. The van der Waals surface area contributed by atoms with E-state index >= 15 is 0 Å². The summed E-state index contributed by atoms with van der Waals surface area (Å²) in [7, 11) is 0. The molecule has 1 saturated heterocycles. The number of piperazine rings is 1. The minimum Gasteiger partial charge on any atom is -0.457 e. The zero-order valence-electron chi connectivity index (χ0n) is 18.6. The molecule has 0 unspecified atom stereocenters. The summed E-state index contributed by atoms with van der Waals surface area (Å²) in [6.45, 7) is 6.57. The predicted octanol–water partition coefficient (Wildman–Crippen LogP) is 1.57. The van der Waals surface area contributed by atoms with Crippen LogP contribution in [0.15, 0.2) is 42.9 Å². The summed E-state index contributed by atoms with van der Waals surface area (Å²) < 4.78 is 6.74. The van der Waals surface area contributed by atoms with Crippen LogP contribution < -0.4 is 0 Å².